The van der Waals surface area contributed by atoms with Crippen molar-refractivity contribution in [2.75, 3.05) is 0 Å². The van der Waals surface area contributed by atoms with Crippen LogP contribution in [-0.2, 0) is 5.41 Å². The molecule has 1 aliphatic carbocycles. The van der Waals surface area contributed by atoms with Crippen molar-refractivity contribution in [1.29, 1.82) is 0 Å². The van der Waals surface area contributed by atoms with Crippen LogP contribution in [0, 0.1) is 0 Å². The van der Waals surface area contributed by atoms with Gasteiger partial charge in [0, 0.05) is 16.0 Å². The fourth-order valence-corrected chi connectivity index (χ4v) is 5.75. The molecule has 164 valence electrons. The molecular formula is C33H25Cl. The molecule has 0 saturated heterocycles. The maximum Gasteiger partial charge on any atom is 0.0496 e. The van der Waals surface area contributed by atoms with Crippen LogP contribution < -0.4 is 0 Å². The van der Waals surface area contributed by atoms with Crippen molar-refractivity contribution in [1.82, 2.24) is 0 Å². The molecule has 5 aromatic rings. The van der Waals surface area contributed by atoms with Gasteiger partial charge in [-0.15, -0.1) is 0 Å². The normalized spacial score (nSPS) is 13.4. The second-order valence-corrected chi connectivity index (χ2v) is 9.95. The lowest BCUT2D eigenvalue weighted by Gasteiger charge is -2.22. The summed E-state index contributed by atoms with van der Waals surface area (Å²) in [6.07, 6.45) is 0. The Hall–Kier alpha value is -3.61. The van der Waals surface area contributed by atoms with Crippen molar-refractivity contribution >= 4 is 11.6 Å². The zero-order chi connectivity index (χ0) is 23.3. The van der Waals surface area contributed by atoms with Crippen molar-refractivity contribution in [3.05, 3.63) is 131 Å². The number of hydrogen-bond acceptors (Lipinski definition) is 0. The molecule has 1 heteroatoms. The summed E-state index contributed by atoms with van der Waals surface area (Å²) < 4.78 is 0. The molecule has 0 atom stereocenters. The van der Waals surface area contributed by atoms with Crippen LogP contribution >= 0.6 is 11.6 Å². The highest BCUT2D eigenvalue weighted by Gasteiger charge is 2.35. The zero-order valence-corrected chi connectivity index (χ0v) is 20.1. The number of benzene rings is 5. The van der Waals surface area contributed by atoms with E-state index in [0.717, 1.165) is 32.8 Å². The number of halogens is 1. The minimum absolute atomic E-state index is 0.00372. The number of rotatable bonds is 3. The van der Waals surface area contributed by atoms with Gasteiger partial charge in [0.1, 0.15) is 0 Å². The summed E-state index contributed by atoms with van der Waals surface area (Å²) in [6.45, 7) is 4.64. The number of hydrogen-bond donors (Lipinski definition) is 0. The average molecular weight is 457 g/mol. The van der Waals surface area contributed by atoms with Crippen LogP contribution in [0.2, 0.25) is 5.02 Å². The smallest absolute Gasteiger partial charge is 0.0496 e. The second-order valence-electron chi connectivity index (χ2n) is 9.54. The number of fused-ring (bicyclic) bond motifs is 3. The van der Waals surface area contributed by atoms with E-state index >= 15 is 0 Å². The predicted octanol–water partition coefficient (Wildman–Crippen LogP) is 9.65. The molecular weight excluding hydrogens is 432 g/mol. The minimum atomic E-state index is -0.00372. The first-order valence-corrected chi connectivity index (χ1v) is 12.1. The van der Waals surface area contributed by atoms with Gasteiger partial charge in [-0.1, -0.05) is 123 Å². The van der Waals surface area contributed by atoms with Crippen LogP contribution in [0.15, 0.2) is 115 Å². The van der Waals surface area contributed by atoms with Gasteiger partial charge in [-0.25, -0.2) is 0 Å². The van der Waals surface area contributed by atoms with Gasteiger partial charge in [0.2, 0.25) is 0 Å². The highest BCUT2D eigenvalue weighted by atomic mass is 35.5. The van der Waals surface area contributed by atoms with Gasteiger partial charge >= 0.3 is 0 Å². The van der Waals surface area contributed by atoms with E-state index in [4.69, 9.17) is 11.6 Å². The molecule has 0 N–H and O–H groups in total. The minimum Gasteiger partial charge on any atom is -0.0836 e. The molecule has 0 unspecified atom stereocenters. The lowest BCUT2D eigenvalue weighted by atomic mass is 9.82. The Bertz CT molecular complexity index is 1510. The predicted molar refractivity (Wildman–Crippen MR) is 145 cm³/mol. The molecule has 0 saturated carbocycles. The van der Waals surface area contributed by atoms with Crippen LogP contribution in [0.4, 0.5) is 0 Å². The van der Waals surface area contributed by atoms with Gasteiger partial charge in [0.15, 0.2) is 0 Å². The topological polar surface area (TPSA) is 0 Å². The molecule has 0 aromatic heterocycles. The summed E-state index contributed by atoms with van der Waals surface area (Å²) in [4.78, 5) is 0. The highest BCUT2D eigenvalue weighted by molar-refractivity contribution is 6.34. The first-order chi connectivity index (χ1) is 16.5. The first-order valence-electron chi connectivity index (χ1n) is 11.7. The summed E-state index contributed by atoms with van der Waals surface area (Å²) >= 11 is 7.01. The molecule has 0 nitrogen and oxygen atoms in total. The third kappa shape index (κ3) is 3.30. The zero-order valence-electron chi connectivity index (χ0n) is 19.3. The van der Waals surface area contributed by atoms with Gasteiger partial charge < -0.3 is 0 Å². The molecule has 0 bridgehead atoms. The molecule has 5 aromatic carbocycles. The fraction of sp³-hybridized carbons (Fsp3) is 0.0909. The summed E-state index contributed by atoms with van der Waals surface area (Å²) in [5, 5.41) is 0.767. The van der Waals surface area contributed by atoms with Crippen molar-refractivity contribution < 1.29 is 0 Å². The SMILES string of the molecule is CC1(C)c2ccccc2-c2cc(-c3cc(-c4ccccc4)cc(Cl)c3-c3ccccc3)ccc21. The van der Waals surface area contributed by atoms with E-state index in [2.05, 4.69) is 117 Å². The Morgan fingerprint density at radius 2 is 1.06 bits per heavy atom. The van der Waals surface area contributed by atoms with E-state index in [9.17, 15) is 0 Å². The van der Waals surface area contributed by atoms with Crippen molar-refractivity contribution in [3.8, 4) is 44.5 Å². The largest absolute Gasteiger partial charge is 0.0836 e. The molecule has 0 heterocycles. The van der Waals surface area contributed by atoms with E-state index in [-0.39, 0.29) is 5.41 Å². The molecule has 0 fully saturated rings. The molecule has 34 heavy (non-hydrogen) atoms. The van der Waals surface area contributed by atoms with Gasteiger partial charge in [-0.3, -0.25) is 0 Å². The Labute approximate surface area is 206 Å². The van der Waals surface area contributed by atoms with Crippen LogP contribution in [0.1, 0.15) is 25.0 Å². The standard InChI is InChI=1S/C33H25Cl/c1-33(2)29-16-10-9-15-26(29)28-19-24(17-18-30(28)33)27-20-25(22-11-5-3-6-12-22)21-31(34)32(27)23-13-7-4-8-14-23/h3-21H,1-2H3. The molecule has 0 spiro atoms. The summed E-state index contributed by atoms with van der Waals surface area (Å²) in [6, 6.07) is 41.0. The van der Waals surface area contributed by atoms with Gasteiger partial charge in [0.05, 0.1) is 0 Å². The monoisotopic (exact) mass is 456 g/mol. The van der Waals surface area contributed by atoms with E-state index in [0.29, 0.717) is 0 Å². The van der Waals surface area contributed by atoms with Crippen molar-refractivity contribution in [3.63, 3.8) is 0 Å². The highest BCUT2D eigenvalue weighted by Crippen LogP contribution is 2.50. The summed E-state index contributed by atoms with van der Waals surface area (Å²) in [7, 11) is 0. The third-order valence-electron chi connectivity index (χ3n) is 7.15. The lowest BCUT2D eigenvalue weighted by Crippen LogP contribution is -2.14. The van der Waals surface area contributed by atoms with E-state index in [1.54, 1.807) is 0 Å². The van der Waals surface area contributed by atoms with Crippen molar-refractivity contribution in [2.24, 2.45) is 0 Å². The molecule has 0 aliphatic heterocycles. The average Bonchev–Trinajstić information content (AvgIpc) is 3.11. The van der Waals surface area contributed by atoms with Crippen LogP contribution in [0.25, 0.3) is 44.5 Å². The van der Waals surface area contributed by atoms with E-state index in [1.807, 2.05) is 12.1 Å². The first kappa shape index (κ1) is 21.0. The maximum absolute atomic E-state index is 7.01. The Balaban J connectivity index is 1.62. The summed E-state index contributed by atoms with van der Waals surface area (Å²) in [5.74, 6) is 0. The van der Waals surface area contributed by atoms with E-state index in [1.165, 1.54) is 27.8 Å². The lowest BCUT2D eigenvalue weighted by molar-refractivity contribution is 0.660. The summed E-state index contributed by atoms with van der Waals surface area (Å²) in [5.41, 5.74) is 12.2. The van der Waals surface area contributed by atoms with Crippen LogP contribution in [0.5, 0.6) is 0 Å². The molecule has 0 radical (unpaired) electrons. The Kier molecular flexibility index (Phi) is 4.94. The second kappa shape index (κ2) is 8.01. The van der Waals surface area contributed by atoms with Gasteiger partial charge in [-0.05, 0) is 68.3 Å². The quantitative estimate of drug-likeness (QED) is 0.253. The van der Waals surface area contributed by atoms with Gasteiger partial charge in [0.25, 0.3) is 0 Å². The third-order valence-corrected chi connectivity index (χ3v) is 7.45. The maximum atomic E-state index is 7.01. The molecule has 0 amide bonds. The van der Waals surface area contributed by atoms with Crippen molar-refractivity contribution in [2.45, 2.75) is 19.3 Å². The molecule has 1 aliphatic rings. The fourth-order valence-electron chi connectivity index (χ4n) is 5.42. The Morgan fingerprint density at radius 3 is 1.79 bits per heavy atom. The van der Waals surface area contributed by atoms with E-state index < -0.39 is 0 Å². The molecule has 6 rings (SSSR count). The van der Waals surface area contributed by atoms with Gasteiger partial charge in [-0.2, -0.15) is 0 Å². The van der Waals surface area contributed by atoms with Crippen LogP contribution in [0.3, 0.4) is 0 Å². The Morgan fingerprint density at radius 1 is 0.471 bits per heavy atom. The van der Waals surface area contributed by atoms with Crippen LogP contribution in [-0.4, -0.2) is 0 Å².